The first kappa shape index (κ1) is 13.2. The summed E-state index contributed by atoms with van der Waals surface area (Å²) in [4.78, 5) is 4.14. The van der Waals surface area contributed by atoms with Gasteiger partial charge in [-0.15, -0.1) is 11.3 Å². The lowest BCUT2D eigenvalue weighted by atomic mass is 9.97. The average molecular weight is 283 g/mol. The predicted molar refractivity (Wildman–Crippen MR) is 84.6 cm³/mol. The first-order valence-electron chi connectivity index (χ1n) is 6.61. The number of benzene rings is 1. The van der Waals surface area contributed by atoms with E-state index < -0.39 is 0 Å². The van der Waals surface area contributed by atoms with Crippen LogP contribution in [0.5, 0.6) is 0 Å². The zero-order valence-electron chi connectivity index (χ0n) is 11.3. The van der Waals surface area contributed by atoms with Crippen LogP contribution >= 0.6 is 11.3 Å². The smallest absolute Gasteiger partial charge is 0.0504 e. The number of nitrogens with one attached hydrogen (secondary N) is 1. The molecule has 0 amide bonds. The molecule has 3 nitrogen and oxygen atoms in total. The summed E-state index contributed by atoms with van der Waals surface area (Å²) in [6.07, 6.45) is 4.58. The third-order valence-electron chi connectivity index (χ3n) is 3.63. The average Bonchev–Trinajstić information content (AvgIpc) is 2.89. The van der Waals surface area contributed by atoms with Gasteiger partial charge in [-0.05, 0) is 52.9 Å². The number of fused-ring (bicyclic) bond motifs is 1. The molecule has 0 aliphatic carbocycles. The van der Waals surface area contributed by atoms with Gasteiger partial charge in [-0.1, -0.05) is 18.2 Å². The van der Waals surface area contributed by atoms with Crippen molar-refractivity contribution in [2.75, 3.05) is 0 Å². The van der Waals surface area contributed by atoms with Crippen LogP contribution in [-0.4, -0.2) is 4.98 Å². The Bertz CT molecular complexity index is 720. The van der Waals surface area contributed by atoms with Crippen molar-refractivity contribution in [3.63, 3.8) is 0 Å². The number of rotatable bonds is 4. The van der Waals surface area contributed by atoms with Gasteiger partial charge in [0.2, 0.25) is 0 Å². The first-order chi connectivity index (χ1) is 9.79. The fraction of sp³-hybridized carbons (Fsp3) is 0.188. The van der Waals surface area contributed by atoms with Crippen LogP contribution in [0.25, 0.3) is 10.1 Å². The van der Waals surface area contributed by atoms with E-state index in [0.29, 0.717) is 0 Å². The fourth-order valence-corrected chi connectivity index (χ4v) is 3.52. The molecule has 2 heterocycles. The lowest BCUT2D eigenvalue weighted by molar-refractivity contribution is 0.551. The van der Waals surface area contributed by atoms with Gasteiger partial charge in [0.05, 0.1) is 6.04 Å². The van der Waals surface area contributed by atoms with Gasteiger partial charge in [0.1, 0.15) is 0 Å². The van der Waals surface area contributed by atoms with Gasteiger partial charge in [-0.25, -0.2) is 0 Å². The van der Waals surface area contributed by atoms with Crippen LogP contribution in [-0.2, 0) is 6.42 Å². The van der Waals surface area contributed by atoms with Crippen molar-refractivity contribution < 1.29 is 0 Å². The van der Waals surface area contributed by atoms with Crippen molar-refractivity contribution in [3.05, 3.63) is 64.8 Å². The minimum Gasteiger partial charge on any atom is -0.271 e. The van der Waals surface area contributed by atoms with Crippen LogP contribution in [0.2, 0.25) is 0 Å². The molecule has 0 aliphatic heterocycles. The second-order valence-corrected chi connectivity index (χ2v) is 5.82. The summed E-state index contributed by atoms with van der Waals surface area (Å²) in [5.74, 6) is 5.77. The number of aromatic nitrogens is 1. The third-order valence-corrected chi connectivity index (χ3v) is 4.64. The SMILES string of the molecule is Cc1cnccc1C(Cc1csc2ccccc12)NN. The van der Waals surface area contributed by atoms with Crippen LogP contribution in [0.1, 0.15) is 22.7 Å². The molecule has 3 N–H and O–H groups in total. The van der Waals surface area contributed by atoms with Crippen LogP contribution in [0.15, 0.2) is 48.1 Å². The maximum absolute atomic E-state index is 5.77. The molecule has 0 aliphatic rings. The number of hydrogen-bond acceptors (Lipinski definition) is 4. The van der Waals surface area contributed by atoms with Crippen LogP contribution in [0, 0.1) is 6.92 Å². The topological polar surface area (TPSA) is 50.9 Å². The molecular formula is C16H17N3S. The standard InChI is InChI=1S/C16H17N3S/c1-11-9-18-7-6-13(11)15(19-17)8-12-10-20-16-5-3-2-4-14(12)16/h2-7,9-10,15,19H,8,17H2,1H3. The summed E-state index contributed by atoms with van der Waals surface area (Å²) in [5.41, 5.74) is 6.65. The summed E-state index contributed by atoms with van der Waals surface area (Å²) >= 11 is 1.78. The third kappa shape index (κ3) is 2.45. The number of thiophene rings is 1. The first-order valence-corrected chi connectivity index (χ1v) is 7.49. The van der Waals surface area contributed by atoms with Crippen LogP contribution in [0.4, 0.5) is 0 Å². The highest BCUT2D eigenvalue weighted by atomic mass is 32.1. The van der Waals surface area contributed by atoms with Crippen molar-refractivity contribution in [1.29, 1.82) is 0 Å². The molecular weight excluding hydrogens is 266 g/mol. The van der Waals surface area contributed by atoms with E-state index in [0.717, 1.165) is 12.0 Å². The van der Waals surface area contributed by atoms with Crippen molar-refractivity contribution in [3.8, 4) is 0 Å². The summed E-state index contributed by atoms with van der Waals surface area (Å²) < 4.78 is 1.32. The molecule has 20 heavy (non-hydrogen) atoms. The normalized spacial score (nSPS) is 12.7. The summed E-state index contributed by atoms with van der Waals surface area (Å²) in [6.45, 7) is 2.07. The highest BCUT2D eigenvalue weighted by molar-refractivity contribution is 7.17. The Labute approximate surface area is 122 Å². The molecule has 102 valence electrons. The van der Waals surface area contributed by atoms with E-state index in [9.17, 15) is 0 Å². The van der Waals surface area contributed by atoms with Crippen LogP contribution < -0.4 is 11.3 Å². The lowest BCUT2D eigenvalue weighted by Crippen LogP contribution is -2.30. The van der Waals surface area contributed by atoms with E-state index in [2.05, 4.69) is 47.0 Å². The zero-order valence-corrected chi connectivity index (χ0v) is 12.2. The Morgan fingerprint density at radius 3 is 2.95 bits per heavy atom. The van der Waals surface area contributed by atoms with Crippen molar-refractivity contribution >= 4 is 21.4 Å². The Morgan fingerprint density at radius 2 is 2.15 bits per heavy atom. The minimum absolute atomic E-state index is 0.107. The molecule has 0 fully saturated rings. The molecule has 1 aromatic carbocycles. The Hall–Kier alpha value is -1.75. The summed E-state index contributed by atoms with van der Waals surface area (Å²) in [5, 5.41) is 3.55. The van der Waals surface area contributed by atoms with Gasteiger partial charge < -0.3 is 0 Å². The summed E-state index contributed by atoms with van der Waals surface area (Å²) in [6, 6.07) is 10.6. The van der Waals surface area contributed by atoms with E-state index in [4.69, 9.17) is 5.84 Å². The Morgan fingerprint density at radius 1 is 1.30 bits per heavy atom. The monoisotopic (exact) mass is 283 g/mol. The molecule has 0 saturated heterocycles. The quantitative estimate of drug-likeness (QED) is 0.570. The number of pyridine rings is 1. The molecule has 2 aromatic heterocycles. The summed E-state index contributed by atoms with van der Waals surface area (Å²) in [7, 11) is 0. The molecule has 0 saturated carbocycles. The Balaban J connectivity index is 1.94. The van der Waals surface area contributed by atoms with Crippen LogP contribution in [0.3, 0.4) is 0 Å². The molecule has 0 radical (unpaired) electrons. The van der Waals surface area contributed by atoms with Crippen molar-refractivity contribution in [2.45, 2.75) is 19.4 Å². The molecule has 1 unspecified atom stereocenters. The van der Waals surface area contributed by atoms with Gasteiger partial charge in [-0.3, -0.25) is 16.3 Å². The highest BCUT2D eigenvalue weighted by Gasteiger charge is 2.15. The Kier molecular flexibility index (Phi) is 3.78. The van der Waals surface area contributed by atoms with Gasteiger partial charge in [-0.2, -0.15) is 0 Å². The number of aryl methyl sites for hydroxylation is 1. The van der Waals surface area contributed by atoms with Gasteiger partial charge in [0, 0.05) is 17.1 Å². The van der Waals surface area contributed by atoms with E-state index in [-0.39, 0.29) is 6.04 Å². The lowest BCUT2D eigenvalue weighted by Gasteiger charge is -2.18. The van der Waals surface area contributed by atoms with Crippen molar-refractivity contribution in [1.82, 2.24) is 10.4 Å². The maximum atomic E-state index is 5.77. The van der Waals surface area contributed by atoms with E-state index in [1.54, 1.807) is 11.3 Å². The van der Waals surface area contributed by atoms with E-state index >= 15 is 0 Å². The number of nitrogens with zero attached hydrogens (tertiary/aromatic N) is 1. The molecule has 0 spiro atoms. The second-order valence-electron chi connectivity index (χ2n) is 4.91. The minimum atomic E-state index is 0.107. The maximum Gasteiger partial charge on any atom is 0.0504 e. The molecule has 0 bridgehead atoms. The molecule has 3 aromatic rings. The van der Waals surface area contributed by atoms with Gasteiger partial charge in [0.25, 0.3) is 0 Å². The predicted octanol–water partition coefficient (Wildman–Crippen LogP) is 3.35. The number of hydrazine groups is 1. The van der Waals surface area contributed by atoms with E-state index in [1.807, 2.05) is 18.5 Å². The highest BCUT2D eigenvalue weighted by Crippen LogP contribution is 2.29. The van der Waals surface area contributed by atoms with E-state index in [1.165, 1.54) is 21.2 Å². The zero-order chi connectivity index (χ0) is 13.9. The van der Waals surface area contributed by atoms with Gasteiger partial charge >= 0.3 is 0 Å². The van der Waals surface area contributed by atoms with Gasteiger partial charge in [0.15, 0.2) is 0 Å². The molecule has 1 atom stereocenters. The molecule has 3 rings (SSSR count). The second kappa shape index (κ2) is 5.71. The number of hydrogen-bond donors (Lipinski definition) is 2. The van der Waals surface area contributed by atoms with Crippen molar-refractivity contribution in [2.24, 2.45) is 5.84 Å². The molecule has 4 heteroatoms. The fourth-order valence-electron chi connectivity index (χ4n) is 2.54. The largest absolute Gasteiger partial charge is 0.271 e. The number of nitrogens with two attached hydrogens (primary N) is 1.